The third-order valence-electron chi connectivity index (χ3n) is 5.16. The molecule has 2 heterocycles. The van der Waals surface area contributed by atoms with Crippen molar-refractivity contribution >= 4 is 28.2 Å². The standard InChI is InChI=1S/C20H21N3O2S/c1-2-17-19(26-22-21-17)20(25)23-10-9-16(18(24)12-23)15-8-7-13-5-3-4-6-14(13)11-15/h3-8,11,16,18,24H,2,9-10,12H2,1H3/t16-,18+/m1/s1. The number of benzene rings is 2. The molecule has 6 heteroatoms. The van der Waals surface area contributed by atoms with Gasteiger partial charge < -0.3 is 10.0 Å². The number of aryl methyl sites for hydroxylation is 1. The van der Waals surface area contributed by atoms with Gasteiger partial charge in [-0.15, -0.1) is 5.10 Å². The average Bonchev–Trinajstić information content (AvgIpc) is 3.15. The Morgan fingerprint density at radius 3 is 2.85 bits per heavy atom. The molecule has 4 rings (SSSR count). The van der Waals surface area contributed by atoms with Crippen LogP contribution in [0.4, 0.5) is 0 Å². The number of fused-ring (bicyclic) bond motifs is 1. The van der Waals surface area contributed by atoms with Gasteiger partial charge in [-0.1, -0.05) is 53.9 Å². The van der Waals surface area contributed by atoms with Gasteiger partial charge in [0.2, 0.25) is 0 Å². The van der Waals surface area contributed by atoms with Crippen molar-refractivity contribution in [2.45, 2.75) is 31.8 Å². The number of aliphatic hydroxyl groups is 1. The van der Waals surface area contributed by atoms with Crippen LogP contribution in [0.25, 0.3) is 10.8 Å². The van der Waals surface area contributed by atoms with Crippen LogP contribution in [0.2, 0.25) is 0 Å². The zero-order valence-corrected chi connectivity index (χ0v) is 15.4. The van der Waals surface area contributed by atoms with Crippen molar-refractivity contribution in [1.29, 1.82) is 0 Å². The van der Waals surface area contributed by atoms with Crippen molar-refractivity contribution in [3.8, 4) is 0 Å². The number of rotatable bonds is 3. The lowest BCUT2D eigenvalue weighted by molar-refractivity contribution is 0.0385. The molecule has 1 aromatic heterocycles. The van der Waals surface area contributed by atoms with E-state index >= 15 is 0 Å². The third-order valence-corrected chi connectivity index (χ3v) is 5.91. The molecule has 0 saturated carbocycles. The Bertz CT molecular complexity index is 939. The Hall–Kier alpha value is -2.31. The number of carbonyl (C=O) groups is 1. The molecular formula is C20H21N3O2S. The minimum atomic E-state index is -0.570. The van der Waals surface area contributed by atoms with E-state index < -0.39 is 6.10 Å². The summed E-state index contributed by atoms with van der Waals surface area (Å²) in [6, 6.07) is 14.6. The normalized spacial score (nSPS) is 20.5. The van der Waals surface area contributed by atoms with Crippen molar-refractivity contribution in [3.63, 3.8) is 0 Å². The zero-order chi connectivity index (χ0) is 18.1. The number of likely N-dealkylation sites (tertiary alicyclic amines) is 1. The Morgan fingerprint density at radius 1 is 1.27 bits per heavy atom. The summed E-state index contributed by atoms with van der Waals surface area (Å²) in [4.78, 5) is 15.1. The number of aliphatic hydroxyl groups excluding tert-OH is 1. The SMILES string of the molecule is CCc1nnsc1C(=O)N1CC[C@H](c2ccc3ccccc3c2)[C@@H](O)C1. The number of hydrogen-bond acceptors (Lipinski definition) is 5. The van der Waals surface area contributed by atoms with Gasteiger partial charge >= 0.3 is 0 Å². The first-order valence-corrected chi connectivity index (χ1v) is 9.72. The Morgan fingerprint density at radius 2 is 2.08 bits per heavy atom. The van der Waals surface area contributed by atoms with Gasteiger partial charge in [-0.2, -0.15) is 0 Å². The number of carbonyl (C=O) groups excluding carboxylic acids is 1. The summed E-state index contributed by atoms with van der Waals surface area (Å²) in [7, 11) is 0. The maximum Gasteiger partial charge on any atom is 0.267 e. The van der Waals surface area contributed by atoms with E-state index in [0.717, 1.165) is 29.2 Å². The average molecular weight is 367 g/mol. The van der Waals surface area contributed by atoms with Crippen LogP contribution in [0.15, 0.2) is 42.5 Å². The van der Waals surface area contributed by atoms with Gasteiger partial charge in [-0.25, -0.2) is 0 Å². The summed E-state index contributed by atoms with van der Waals surface area (Å²) in [5.41, 5.74) is 1.88. The molecule has 134 valence electrons. The molecule has 0 unspecified atom stereocenters. The monoisotopic (exact) mass is 367 g/mol. The van der Waals surface area contributed by atoms with Crippen LogP contribution >= 0.6 is 11.5 Å². The first kappa shape index (κ1) is 17.1. The number of amides is 1. The first-order chi connectivity index (χ1) is 12.7. The van der Waals surface area contributed by atoms with Gasteiger partial charge in [0.1, 0.15) is 4.88 Å². The quantitative estimate of drug-likeness (QED) is 0.772. The van der Waals surface area contributed by atoms with E-state index in [1.807, 2.05) is 19.1 Å². The van der Waals surface area contributed by atoms with E-state index in [0.29, 0.717) is 24.4 Å². The summed E-state index contributed by atoms with van der Waals surface area (Å²) in [6.45, 7) is 2.94. The number of aromatic nitrogens is 2. The predicted molar refractivity (Wildman–Crippen MR) is 103 cm³/mol. The van der Waals surface area contributed by atoms with Crippen LogP contribution in [0.5, 0.6) is 0 Å². The molecule has 0 radical (unpaired) electrons. The highest BCUT2D eigenvalue weighted by atomic mass is 32.1. The van der Waals surface area contributed by atoms with Crippen LogP contribution in [-0.4, -0.2) is 44.7 Å². The summed E-state index contributed by atoms with van der Waals surface area (Å²) in [5, 5.41) is 17.1. The van der Waals surface area contributed by atoms with E-state index in [4.69, 9.17) is 0 Å². The minimum Gasteiger partial charge on any atom is -0.391 e. The molecule has 2 aromatic carbocycles. The number of hydrogen-bond donors (Lipinski definition) is 1. The van der Waals surface area contributed by atoms with Gasteiger partial charge in [-0.05, 0) is 40.7 Å². The largest absolute Gasteiger partial charge is 0.391 e. The molecule has 26 heavy (non-hydrogen) atoms. The maximum absolute atomic E-state index is 12.7. The Balaban J connectivity index is 1.51. The molecule has 0 spiro atoms. The molecule has 1 N–H and O–H groups in total. The molecule has 1 saturated heterocycles. The summed E-state index contributed by atoms with van der Waals surface area (Å²) >= 11 is 1.14. The van der Waals surface area contributed by atoms with Crippen LogP contribution in [0.3, 0.4) is 0 Å². The van der Waals surface area contributed by atoms with Gasteiger partial charge in [-0.3, -0.25) is 4.79 Å². The molecule has 1 fully saturated rings. The van der Waals surface area contributed by atoms with E-state index in [1.54, 1.807) is 4.90 Å². The fourth-order valence-electron chi connectivity index (χ4n) is 3.69. The lowest BCUT2D eigenvalue weighted by Gasteiger charge is -2.36. The molecule has 3 aromatic rings. The second-order valence-electron chi connectivity index (χ2n) is 6.72. The Kier molecular flexibility index (Phi) is 4.70. The number of piperidine rings is 1. The molecule has 1 aliphatic heterocycles. The molecule has 1 amide bonds. The molecule has 0 aliphatic carbocycles. The van der Waals surface area contributed by atoms with Gasteiger partial charge in [0.15, 0.2) is 0 Å². The van der Waals surface area contributed by atoms with Crippen LogP contribution in [0, 0.1) is 0 Å². The highest BCUT2D eigenvalue weighted by Crippen LogP contribution is 2.31. The highest BCUT2D eigenvalue weighted by Gasteiger charge is 2.33. The summed E-state index contributed by atoms with van der Waals surface area (Å²) in [6.07, 6.45) is 0.868. The van der Waals surface area contributed by atoms with E-state index in [1.165, 1.54) is 10.8 Å². The van der Waals surface area contributed by atoms with Crippen molar-refractivity contribution in [2.75, 3.05) is 13.1 Å². The van der Waals surface area contributed by atoms with Gasteiger partial charge in [0, 0.05) is 19.0 Å². The van der Waals surface area contributed by atoms with E-state index in [9.17, 15) is 9.90 Å². The first-order valence-electron chi connectivity index (χ1n) is 8.94. The second-order valence-corrected chi connectivity index (χ2v) is 7.48. The molecular weight excluding hydrogens is 346 g/mol. The number of nitrogens with zero attached hydrogens (tertiary/aromatic N) is 3. The fourth-order valence-corrected chi connectivity index (χ4v) is 4.41. The Labute approximate surface area is 156 Å². The van der Waals surface area contributed by atoms with Crippen molar-refractivity contribution in [1.82, 2.24) is 14.5 Å². The van der Waals surface area contributed by atoms with Crippen LogP contribution in [-0.2, 0) is 6.42 Å². The lowest BCUT2D eigenvalue weighted by Crippen LogP contribution is -2.45. The second kappa shape index (κ2) is 7.13. The maximum atomic E-state index is 12.7. The smallest absolute Gasteiger partial charge is 0.267 e. The van der Waals surface area contributed by atoms with Gasteiger partial charge in [0.25, 0.3) is 5.91 Å². The minimum absolute atomic E-state index is 0.0499. The topological polar surface area (TPSA) is 66.3 Å². The van der Waals surface area contributed by atoms with Crippen LogP contribution < -0.4 is 0 Å². The molecule has 0 bridgehead atoms. The third kappa shape index (κ3) is 3.10. The fraction of sp³-hybridized carbons (Fsp3) is 0.350. The van der Waals surface area contributed by atoms with Crippen LogP contribution in [0.1, 0.15) is 40.2 Å². The highest BCUT2D eigenvalue weighted by molar-refractivity contribution is 7.08. The molecule has 5 nitrogen and oxygen atoms in total. The van der Waals surface area contributed by atoms with Crippen molar-refractivity contribution in [3.05, 3.63) is 58.6 Å². The zero-order valence-electron chi connectivity index (χ0n) is 14.6. The molecule has 1 aliphatic rings. The summed E-state index contributed by atoms with van der Waals surface area (Å²) < 4.78 is 3.90. The van der Waals surface area contributed by atoms with E-state index in [2.05, 4.69) is 39.9 Å². The molecule has 2 atom stereocenters. The lowest BCUT2D eigenvalue weighted by atomic mass is 9.86. The summed E-state index contributed by atoms with van der Waals surface area (Å²) in [5.74, 6) is -0.0123. The van der Waals surface area contributed by atoms with E-state index in [-0.39, 0.29) is 11.8 Å². The number of β-amino-alcohol motifs (C(OH)–C–C–N with tert-alkyl or cyclic N) is 1. The van der Waals surface area contributed by atoms with Crippen molar-refractivity contribution < 1.29 is 9.90 Å². The van der Waals surface area contributed by atoms with Gasteiger partial charge in [0.05, 0.1) is 11.8 Å². The predicted octanol–water partition coefficient (Wildman–Crippen LogP) is 3.24. The van der Waals surface area contributed by atoms with Crippen molar-refractivity contribution in [2.24, 2.45) is 0 Å².